The minimum Gasteiger partial charge on any atom is -0.508 e. The maximum atomic E-state index is 12.7. The molecule has 3 nitrogen and oxygen atoms in total. The van der Waals surface area contributed by atoms with Crippen LogP contribution in [0.3, 0.4) is 0 Å². The molecule has 0 aliphatic heterocycles. The molecule has 0 aliphatic rings. The highest BCUT2D eigenvalue weighted by molar-refractivity contribution is 6.35. The van der Waals surface area contributed by atoms with Gasteiger partial charge < -0.3 is 10.2 Å². The van der Waals surface area contributed by atoms with E-state index >= 15 is 0 Å². The Bertz CT molecular complexity index is 981. The zero-order valence-electron chi connectivity index (χ0n) is 18.7. The van der Waals surface area contributed by atoms with Gasteiger partial charge in [-0.3, -0.25) is 4.79 Å². The normalized spacial score (nSPS) is 13.6. The molecule has 0 saturated heterocycles. The first-order valence-corrected chi connectivity index (χ1v) is 10.5. The summed E-state index contributed by atoms with van der Waals surface area (Å²) >= 11 is 6.29. The average molecular weight is 439 g/mol. The topological polar surface area (TPSA) is 57.5 Å². The van der Waals surface area contributed by atoms with Gasteiger partial charge in [0.2, 0.25) is 0 Å². The standard InChI is InChI=1S/C27H31ClO3/c1-7-22(29)15-13-20(6)16-19(5)12-14-21(18(3)4)17-23(25(30)8-2)27-24(28)10-9-11-26(27)31/h7,9-15,17,29,31H,3,6,8,16H2,1-2,4-5H3/b15-13-,19-12+,21-14-,22-7+,23-17+. The molecule has 0 unspecified atom stereocenters. The average Bonchev–Trinajstić information content (AvgIpc) is 2.72. The number of aliphatic hydroxyl groups excluding tert-OH is 1. The first kappa shape index (κ1) is 26.0. The van der Waals surface area contributed by atoms with Crippen LogP contribution in [0.15, 0.2) is 95.9 Å². The summed E-state index contributed by atoms with van der Waals surface area (Å²) in [6, 6.07) is 4.79. The molecule has 1 aromatic carbocycles. The van der Waals surface area contributed by atoms with Crippen LogP contribution in [0.1, 0.15) is 46.1 Å². The van der Waals surface area contributed by atoms with Crippen LogP contribution >= 0.6 is 11.6 Å². The van der Waals surface area contributed by atoms with E-state index in [2.05, 4.69) is 13.2 Å². The van der Waals surface area contributed by atoms with E-state index < -0.39 is 0 Å². The second-order valence-corrected chi connectivity index (χ2v) is 7.67. The Morgan fingerprint density at radius 3 is 2.39 bits per heavy atom. The van der Waals surface area contributed by atoms with Gasteiger partial charge in [-0.25, -0.2) is 0 Å². The van der Waals surface area contributed by atoms with Gasteiger partial charge in [0.05, 0.1) is 5.02 Å². The largest absolute Gasteiger partial charge is 0.508 e. The lowest BCUT2D eigenvalue weighted by Gasteiger charge is -2.12. The predicted molar refractivity (Wildman–Crippen MR) is 132 cm³/mol. The van der Waals surface area contributed by atoms with E-state index in [1.165, 1.54) is 6.07 Å². The van der Waals surface area contributed by atoms with Crippen molar-refractivity contribution in [2.45, 2.75) is 40.5 Å². The molecular formula is C27H31ClO3. The van der Waals surface area contributed by atoms with Crippen LogP contribution in [0.5, 0.6) is 5.75 Å². The number of benzene rings is 1. The van der Waals surface area contributed by atoms with Gasteiger partial charge >= 0.3 is 0 Å². The molecule has 0 spiro atoms. The van der Waals surface area contributed by atoms with E-state index in [9.17, 15) is 15.0 Å². The third-order valence-electron chi connectivity index (χ3n) is 4.51. The summed E-state index contributed by atoms with van der Waals surface area (Å²) in [6.07, 6.45) is 11.4. The van der Waals surface area contributed by atoms with Crippen molar-refractivity contribution < 1.29 is 15.0 Å². The van der Waals surface area contributed by atoms with Crippen molar-refractivity contribution in [2.75, 3.05) is 0 Å². The number of hydrogen-bond acceptors (Lipinski definition) is 3. The van der Waals surface area contributed by atoms with Crippen molar-refractivity contribution in [3.05, 3.63) is 106 Å². The van der Waals surface area contributed by atoms with E-state index in [0.29, 0.717) is 22.6 Å². The number of carbonyl (C=O) groups excluding carboxylic acids is 1. The molecular weight excluding hydrogens is 408 g/mol. The van der Waals surface area contributed by atoms with Crippen LogP contribution in [0, 0.1) is 0 Å². The van der Waals surface area contributed by atoms with Crippen molar-refractivity contribution in [3.63, 3.8) is 0 Å². The summed E-state index contributed by atoms with van der Waals surface area (Å²) in [5, 5.41) is 20.1. The number of phenolic OH excluding ortho intramolecular Hbond substituents is 1. The first-order valence-electron chi connectivity index (χ1n) is 10.1. The number of ketones is 1. The molecule has 164 valence electrons. The van der Waals surface area contributed by atoms with Crippen LogP contribution in [-0.2, 0) is 4.79 Å². The summed E-state index contributed by atoms with van der Waals surface area (Å²) in [6.45, 7) is 15.4. The van der Waals surface area contributed by atoms with Gasteiger partial charge in [0.1, 0.15) is 11.5 Å². The van der Waals surface area contributed by atoms with Crippen LogP contribution in [0.4, 0.5) is 0 Å². The number of Topliss-reactive ketones (excluding diaryl/α,β-unsaturated/α-hetero) is 1. The number of aliphatic hydroxyl groups is 1. The van der Waals surface area contributed by atoms with Crippen LogP contribution in [-0.4, -0.2) is 16.0 Å². The third-order valence-corrected chi connectivity index (χ3v) is 4.83. The lowest BCUT2D eigenvalue weighted by atomic mass is 9.94. The molecule has 2 N–H and O–H groups in total. The summed E-state index contributed by atoms with van der Waals surface area (Å²) in [7, 11) is 0. The Kier molecular flexibility index (Phi) is 10.6. The Morgan fingerprint density at radius 1 is 1.16 bits per heavy atom. The van der Waals surface area contributed by atoms with Gasteiger partial charge in [-0.15, -0.1) is 0 Å². The van der Waals surface area contributed by atoms with Crippen LogP contribution in [0.25, 0.3) is 5.57 Å². The summed E-state index contributed by atoms with van der Waals surface area (Å²) < 4.78 is 0. The Labute approximate surface area is 190 Å². The summed E-state index contributed by atoms with van der Waals surface area (Å²) in [5.41, 5.74) is 4.10. The molecule has 0 saturated carbocycles. The highest BCUT2D eigenvalue weighted by Gasteiger charge is 2.18. The number of halogens is 1. The van der Waals surface area contributed by atoms with Gasteiger partial charge in [-0.2, -0.15) is 0 Å². The number of allylic oxidation sites excluding steroid dienone is 11. The molecule has 1 rings (SSSR count). The fourth-order valence-corrected chi connectivity index (χ4v) is 3.01. The van der Waals surface area contributed by atoms with E-state index in [1.807, 2.05) is 26.0 Å². The van der Waals surface area contributed by atoms with E-state index in [1.54, 1.807) is 50.3 Å². The molecule has 4 heteroatoms. The van der Waals surface area contributed by atoms with Crippen LogP contribution in [0.2, 0.25) is 5.02 Å². The summed E-state index contributed by atoms with van der Waals surface area (Å²) in [5.74, 6) is 0.0210. The number of aromatic hydroxyl groups is 1. The highest BCUT2D eigenvalue weighted by Crippen LogP contribution is 2.34. The highest BCUT2D eigenvalue weighted by atomic mass is 35.5. The molecule has 0 radical (unpaired) electrons. The summed E-state index contributed by atoms with van der Waals surface area (Å²) in [4.78, 5) is 12.7. The monoisotopic (exact) mass is 438 g/mol. The van der Waals surface area contributed by atoms with Gasteiger partial charge in [0.25, 0.3) is 0 Å². The van der Waals surface area contributed by atoms with Crippen LogP contribution < -0.4 is 0 Å². The maximum Gasteiger partial charge on any atom is 0.163 e. The Morgan fingerprint density at radius 2 is 1.84 bits per heavy atom. The third kappa shape index (κ3) is 8.31. The lowest BCUT2D eigenvalue weighted by Crippen LogP contribution is -2.02. The van der Waals surface area contributed by atoms with Crippen molar-refractivity contribution in [2.24, 2.45) is 0 Å². The van der Waals surface area contributed by atoms with Crippen molar-refractivity contribution in [1.82, 2.24) is 0 Å². The molecule has 0 fully saturated rings. The zero-order valence-corrected chi connectivity index (χ0v) is 19.5. The minimum atomic E-state index is -0.126. The van der Waals surface area contributed by atoms with Gasteiger partial charge in [0.15, 0.2) is 5.78 Å². The van der Waals surface area contributed by atoms with Crippen molar-refractivity contribution in [3.8, 4) is 5.75 Å². The van der Waals surface area contributed by atoms with Gasteiger partial charge in [-0.05, 0) is 63.1 Å². The van der Waals surface area contributed by atoms with E-state index in [4.69, 9.17) is 11.6 Å². The predicted octanol–water partition coefficient (Wildman–Crippen LogP) is 7.82. The molecule has 0 amide bonds. The smallest absolute Gasteiger partial charge is 0.163 e. The lowest BCUT2D eigenvalue weighted by molar-refractivity contribution is -0.113. The fraction of sp³-hybridized carbons (Fsp3) is 0.222. The SMILES string of the molecule is C=C(/C=C\C(O)=C/C)C/C(C)=C/C=C(/C=C(\C(=O)CC)c1c(O)cccc1Cl)C(=C)C. The number of phenols is 1. The van der Waals surface area contributed by atoms with Gasteiger partial charge in [-0.1, -0.05) is 72.7 Å². The molecule has 1 aromatic rings. The zero-order chi connectivity index (χ0) is 23.6. The van der Waals surface area contributed by atoms with Crippen molar-refractivity contribution >= 4 is 23.0 Å². The number of rotatable bonds is 10. The molecule has 0 aliphatic carbocycles. The number of hydrogen-bond donors (Lipinski definition) is 2. The van der Waals surface area contributed by atoms with E-state index in [0.717, 1.165) is 22.3 Å². The Balaban J connectivity index is 3.33. The van der Waals surface area contributed by atoms with Crippen molar-refractivity contribution in [1.29, 1.82) is 0 Å². The number of carbonyl (C=O) groups is 1. The first-order chi connectivity index (χ1) is 14.6. The molecule has 0 bridgehead atoms. The molecule has 0 heterocycles. The second kappa shape index (κ2) is 12.6. The molecule has 31 heavy (non-hydrogen) atoms. The Hall–Kier alpha value is -3.04. The minimum absolute atomic E-state index is 0.0409. The van der Waals surface area contributed by atoms with Gasteiger partial charge in [0, 0.05) is 17.6 Å². The fourth-order valence-electron chi connectivity index (χ4n) is 2.74. The molecule has 0 atom stereocenters. The van der Waals surface area contributed by atoms with E-state index in [-0.39, 0.29) is 23.7 Å². The quantitative estimate of drug-likeness (QED) is 0.222. The maximum absolute atomic E-state index is 12.7. The second-order valence-electron chi connectivity index (χ2n) is 7.27. The molecule has 0 aromatic heterocycles.